The van der Waals surface area contributed by atoms with E-state index < -0.39 is 0 Å². The highest BCUT2D eigenvalue weighted by Gasteiger charge is 2.47. The molecule has 0 spiro atoms. The van der Waals surface area contributed by atoms with Gasteiger partial charge in [-0.1, -0.05) is 13.0 Å². The van der Waals surface area contributed by atoms with Crippen LogP contribution in [0.15, 0.2) is 18.2 Å². The Kier molecular flexibility index (Phi) is 6.30. The van der Waals surface area contributed by atoms with Crippen LogP contribution in [-0.2, 0) is 4.79 Å². The molecule has 2 heterocycles. The highest BCUT2D eigenvalue weighted by Crippen LogP contribution is 2.50. The third kappa shape index (κ3) is 3.94. The van der Waals surface area contributed by atoms with Crippen LogP contribution in [0, 0.1) is 5.92 Å². The third-order valence-corrected chi connectivity index (χ3v) is 5.60. The first-order valence-corrected chi connectivity index (χ1v) is 9.68. The summed E-state index contributed by atoms with van der Waals surface area (Å²) in [4.78, 5) is 15.3. The molecular weight excluding hydrogens is 352 g/mol. The average molecular weight is 381 g/mol. The fraction of sp³-hybridized carbons (Fsp3) is 0.650. The van der Waals surface area contributed by atoms with E-state index in [1.165, 1.54) is 5.56 Å². The van der Waals surface area contributed by atoms with Crippen LogP contribution < -0.4 is 14.8 Å². The number of nitrogens with one attached hydrogen (secondary N) is 1. The summed E-state index contributed by atoms with van der Waals surface area (Å²) in [6, 6.07) is 6.57. The van der Waals surface area contributed by atoms with Crippen molar-refractivity contribution in [3.8, 4) is 11.5 Å². The van der Waals surface area contributed by atoms with E-state index in [0.717, 1.165) is 56.8 Å². The Hall–Kier alpha value is -1.46. The van der Waals surface area contributed by atoms with Crippen LogP contribution >= 0.6 is 12.4 Å². The first kappa shape index (κ1) is 19.3. The Bertz CT molecular complexity index is 633. The van der Waals surface area contributed by atoms with E-state index in [0.29, 0.717) is 31.1 Å². The molecule has 4 rings (SSSR count). The molecular formula is C20H29ClN2O3. The second-order valence-electron chi connectivity index (χ2n) is 7.36. The van der Waals surface area contributed by atoms with Gasteiger partial charge in [0.15, 0.2) is 11.5 Å². The first-order valence-electron chi connectivity index (χ1n) is 9.68. The lowest BCUT2D eigenvalue weighted by atomic mass is 10.0. The Labute approximate surface area is 161 Å². The fourth-order valence-electron chi connectivity index (χ4n) is 4.17. The molecule has 0 radical (unpaired) electrons. The maximum atomic E-state index is 13.1. The molecule has 1 N–H and O–H groups in total. The molecule has 0 aromatic heterocycles. The van der Waals surface area contributed by atoms with Crippen molar-refractivity contribution in [2.45, 2.75) is 44.6 Å². The molecule has 1 saturated heterocycles. The molecule has 0 bridgehead atoms. The molecule has 2 fully saturated rings. The zero-order valence-corrected chi connectivity index (χ0v) is 16.2. The van der Waals surface area contributed by atoms with E-state index in [-0.39, 0.29) is 18.3 Å². The van der Waals surface area contributed by atoms with Crippen molar-refractivity contribution in [1.29, 1.82) is 0 Å². The zero-order valence-electron chi connectivity index (χ0n) is 15.4. The van der Waals surface area contributed by atoms with Crippen LogP contribution in [0.3, 0.4) is 0 Å². The number of carbonyl (C=O) groups is 1. The Morgan fingerprint density at radius 3 is 2.65 bits per heavy atom. The molecule has 144 valence electrons. The van der Waals surface area contributed by atoms with Gasteiger partial charge in [-0.3, -0.25) is 4.79 Å². The second kappa shape index (κ2) is 8.49. The van der Waals surface area contributed by atoms with Crippen LogP contribution in [0.2, 0.25) is 0 Å². The number of piperidine rings is 1. The zero-order chi connectivity index (χ0) is 17.2. The minimum Gasteiger partial charge on any atom is -0.486 e. The minimum absolute atomic E-state index is 0. The number of benzene rings is 1. The number of halogens is 1. The highest BCUT2D eigenvalue weighted by molar-refractivity contribution is 5.85. The van der Waals surface area contributed by atoms with Crippen molar-refractivity contribution in [3.63, 3.8) is 0 Å². The van der Waals surface area contributed by atoms with E-state index >= 15 is 0 Å². The van der Waals surface area contributed by atoms with E-state index in [1.54, 1.807) is 0 Å². The van der Waals surface area contributed by atoms with Gasteiger partial charge < -0.3 is 19.7 Å². The van der Waals surface area contributed by atoms with Gasteiger partial charge in [0.25, 0.3) is 0 Å². The van der Waals surface area contributed by atoms with Crippen LogP contribution in [0.5, 0.6) is 11.5 Å². The maximum absolute atomic E-state index is 13.1. The number of carbonyl (C=O) groups excluding carboxylic acids is 1. The molecule has 5 nitrogen and oxygen atoms in total. The van der Waals surface area contributed by atoms with Gasteiger partial charge in [0, 0.05) is 18.5 Å². The summed E-state index contributed by atoms with van der Waals surface area (Å²) in [6.45, 7) is 6.30. The van der Waals surface area contributed by atoms with Gasteiger partial charge in [-0.05, 0) is 62.4 Å². The van der Waals surface area contributed by atoms with Crippen molar-refractivity contribution in [1.82, 2.24) is 10.2 Å². The average Bonchev–Trinajstić information content (AvgIpc) is 3.47. The number of fused-ring (bicyclic) bond motifs is 1. The van der Waals surface area contributed by atoms with Crippen molar-refractivity contribution >= 4 is 18.3 Å². The fourth-order valence-corrected chi connectivity index (χ4v) is 4.17. The largest absolute Gasteiger partial charge is 0.486 e. The molecule has 2 atom stereocenters. The van der Waals surface area contributed by atoms with Gasteiger partial charge in [0.2, 0.25) is 5.91 Å². The first-order chi connectivity index (χ1) is 12.3. The second-order valence-corrected chi connectivity index (χ2v) is 7.36. The van der Waals surface area contributed by atoms with E-state index in [2.05, 4.69) is 29.3 Å². The Morgan fingerprint density at radius 2 is 1.92 bits per heavy atom. The summed E-state index contributed by atoms with van der Waals surface area (Å²) in [7, 11) is 0. The van der Waals surface area contributed by atoms with E-state index in [4.69, 9.17) is 9.47 Å². The molecule has 1 aromatic rings. The Balaban J connectivity index is 0.00000196. The van der Waals surface area contributed by atoms with Gasteiger partial charge in [-0.15, -0.1) is 12.4 Å². The molecule has 1 amide bonds. The predicted octanol–water partition coefficient (Wildman–Crippen LogP) is 2.97. The predicted molar refractivity (Wildman–Crippen MR) is 103 cm³/mol. The molecule has 6 heteroatoms. The number of rotatable bonds is 5. The van der Waals surface area contributed by atoms with Crippen molar-refractivity contribution in [3.05, 3.63) is 23.8 Å². The standard InChI is InChI=1S/C20H28N2O3.ClH/c1-2-9-22(15-5-7-21-8-6-15)20(23)17-13-16(17)14-3-4-18-19(12-14)25-11-10-24-18;/h3-4,12,15-17,21H,2,5-11,13H2,1H3;1H. The highest BCUT2D eigenvalue weighted by atomic mass is 35.5. The summed E-state index contributed by atoms with van der Waals surface area (Å²) in [5.74, 6) is 2.48. The van der Waals surface area contributed by atoms with Crippen LogP contribution in [0.4, 0.5) is 0 Å². The number of ether oxygens (including phenoxy) is 2. The number of nitrogens with zero attached hydrogens (tertiary/aromatic N) is 1. The van der Waals surface area contributed by atoms with Gasteiger partial charge in [-0.25, -0.2) is 0 Å². The summed E-state index contributed by atoms with van der Waals surface area (Å²) < 4.78 is 11.3. The van der Waals surface area contributed by atoms with Crippen molar-refractivity contribution < 1.29 is 14.3 Å². The lowest BCUT2D eigenvalue weighted by Crippen LogP contribution is -2.47. The summed E-state index contributed by atoms with van der Waals surface area (Å²) >= 11 is 0. The lowest BCUT2D eigenvalue weighted by Gasteiger charge is -2.35. The van der Waals surface area contributed by atoms with Gasteiger partial charge in [0.1, 0.15) is 13.2 Å². The van der Waals surface area contributed by atoms with Crippen LogP contribution in [0.1, 0.15) is 44.1 Å². The molecule has 26 heavy (non-hydrogen) atoms. The molecule has 3 aliphatic rings. The normalized spacial score (nSPS) is 24.5. The summed E-state index contributed by atoms with van der Waals surface area (Å²) in [5.41, 5.74) is 1.21. The molecule has 1 aromatic carbocycles. The van der Waals surface area contributed by atoms with Gasteiger partial charge >= 0.3 is 0 Å². The lowest BCUT2D eigenvalue weighted by molar-refractivity contribution is -0.135. The van der Waals surface area contributed by atoms with Gasteiger partial charge in [0.05, 0.1) is 0 Å². The molecule has 2 unspecified atom stereocenters. The summed E-state index contributed by atoms with van der Waals surface area (Å²) in [6.07, 6.45) is 4.14. The monoisotopic (exact) mass is 380 g/mol. The third-order valence-electron chi connectivity index (χ3n) is 5.60. The number of amides is 1. The number of hydrogen-bond acceptors (Lipinski definition) is 4. The smallest absolute Gasteiger partial charge is 0.226 e. The van der Waals surface area contributed by atoms with Crippen molar-refractivity contribution in [2.75, 3.05) is 32.8 Å². The van der Waals surface area contributed by atoms with Crippen LogP contribution in [0.25, 0.3) is 0 Å². The van der Waals surface area contributed by atoms with Crippen molar-refractivity contribution in [2.24, 2.45) is 5.92 Å². The van der Waals surface area contributed by atoms with E-state index in [1.807, 2.05) is 6.07 Å². The van der Waals surface area contributed by atoms with Gasteiger partial charge in [-0.2, -0.15) is 0 Å². The topological polar surface area (TPSA) is 50.8 Å². The quantitative estimate of drug-likeness (QED) is 0.853. The molecule has 1 aliphatic carbocycles. The molecule has 2 aliphatic heterocycles. The Morgan fingerprint density at radius 1 is 1.19 bits per heavy atom. The van der Waals surface area contributed by atoms with Crippen LogP contribution in [-0.4, -0.2) is 49.7 Å². The SMILES string of the molecule is CCCN(C(=O)C1CC1c1ccc2c(c1)OCCO2)C1CCNCC1.Cl. The number of hydrogen-bond donors (Lipinski definition) is 1. The maximum Gasteiger partial charge on any atom is 0.226 e. The summed E-state index contributed by atoms with van der Waals surface area (Å²) in [5, 5.41) is 3.40. The minimum atomic E-state index is 0. The van der Waals surface area contributed by atoms with E-state index in [9.17, 15) is 4.79 Å². The molecule has 1 saturated carbocycles.